The molecule has 9 rings (SSSR count). The van der Waals surface area contributed by atoms with Crippen LogP contribution >= 0.6 is 0 Å². The number of allylic oxidation sites excluding steroid dienone is 1. The molecule has 4 aliphatic heterocycles. The Hall–Kier alpha value is -4.20. The SMILES string of the molecule is C#Cc1c(F)ccc2cccc(-c3ncc4c(N5CC6CCC(C5)N6)nc(OC[C@]56CC(=C7CCC7)CN5C[C@H](F)C6)nc4c3F)c12. The van der Waals surface area contributed by atoms with Crippen LogP contribution in [0.3, 0.4) is 0 Å². The number of halogens is 3. The van der Waals surface area contributed by atoms with Gasteiger partial charge in [0.05, 0.1) is 16.5 Å². The molecular formula is C37H35F3N6O. The van der Waals surface area contributed by atoms with E-state index in [0.717, 1.165) is 51.7 Å². The lowest BCUT2D eigenvalue weighted by Crippen LogP contribution is -2.51. The summed E-state index contributed by atoms with van der Waals surface area (Å²) in [5.41, 5.74) is 3.00. The number of fused-ring (bicyclic) bond motifs is 5. The van der Waals surface area contributed by atoms with E-state index < -0.39 is 23.3 Å². The van der Waals surface area contributed by atoms with Crippen molar-refractivity contribution >= 4 is 27.5 Å². The zero-order valence-electron chi connectivity index (χ0n) is 26.0. The van der Waals surface area contributed by atoms with Gasteiger partial charge >= 0.3 is 6.01 Å². The van der Waals surface area contributed by atoms with E-state index in [2.05, 4.69) is 31.0 Å². The number of anilines is 1. The highest BCUT2D eigenvalue weighted by atomic mass is 19.1. The van der Waals surface area contributed by atoms with Gasteiger partial charge in [-0.05, 0) is 50.0 Å². The van der Waals surface area contributed by atoms with Gasteiger partial charge in [-0.1, -0.05) is 41.3 Å². The molecule has 2 aromatic heterocycles. The fraction of sp³-hybridized carbons (Fsp3) is 0.432. The van der Waals surface area contributed by atoms with Crippen LogP contribution in [0.2, 0.25) is 0 Å². The molecule has 10 heteroatoms. The summed E-state index contributed by atoms with van der Waals surface area (Å²) in [5, 5.41) is 5.22. The van der Waals surface area contributed by atoms with Crippen molar-refractivity contribution in [2.75, 3.05) is 37.7 Å². The average molecular weight is 637 g/mol. The number of hydrogen-bond donors (Lipinski definition) is 1. The van der Waals surface area contributed by atoms with Crippen molar-refractivity contribution in [3.05, 3.63) is 64.9 Å². The number of hydrogen-bond acceptors (Lipinski definition) is 7. The highest BCUT2D eigenvalue weighted by Gasteiger charge is 2.52. The molecule has 0 amide bonds. The third-order valence-corrected chi connectivity index (χ3v) is 11.1. The molecule has 1 saturated carbocycles. The number of nitrogens with one attached hydrogen (secondary N) is 1. The number of alkyl halides is 1. The minimum Gasteiger partial charge on any atom is -0.461 e. The van der Waals surface area contributed by atoms with Gasteiger partial charge in [-0.2, -0.15) is 9.97 Å². The van der Waals surface area contributed by atoms with Crippen molar-refractivity contribution in [1.29, 1.82) is 0 Å². The molecule has 240 valence electrons. The van der Waals surface area contributed by atoms with Gasteiger partial charge in [0.15, 0.2) is 5.82 Å². The third kappa shape index (κ3) is 4.69. The number of terminal acetylenes is 1. The van der Waals surface area contributed by atoms with Crippen molar-refractivity contribution in [1.82, 2.24) is 25.2 Å². The first kappa shape index (κ1) is 29.0. The summed E-state index contributed by atoms with van der Waals surface area (Å²) in [6.07, 6.45) is 13.2. The van der Waals surface area contributed by atoms with Crippen molar-refractivity contribution < 1.29 is 17.9 Å². The molecule has 5 fully saturated rings. The van der Waals surface area contributed by atoms with Crippen LogP contribution in [0.4, 0.5) is 19.0 Å². The average Bonchev–Trinajstić information content (AvgIpc) is 3.66. The van der Waals surface area contributed by atoms with Gasteiger partial charge in [0, 0.05) is 61.8 Å². The quantitative estimate of drug-likeness (QED) is 0.210. The molecule has 2 unspecified atom stereocenters. The zero-order valence-corrected chi connectivity index (χ0v) is 26.0. The molecule has 4 saturated heterocycles. The second-order valence-electron chi connectivity index (χ2n) is 14.0. The van der Waals surface area contributed by atoms with Crippen LogP contribution in [0.5, 0.6) is 6.01 Å². The number of pyridine rings is 1. The standard InChI is InChI=1S/C37H35F3N6O/c1-2-27-30(39)12-9-22-7-4-8-28(31(22)27)33-32(40)34-29(15-41-33)35(45-18-25-10-11-26(19-45)42-25)44-36(43-34)47-20-37-13-23(21-5-3-6-21)16-46(37)17-24(38)14-37/h1,4,7-9,12,15,24-26,42H,3,5-6,10-11,13-14,16-20H2/t24-,25?,26?,37-/m1/s1. The Labute approximate surface area is 271 Å². The van der Waals surface area contributed by atoms with Crippen LogP contribution < -0.4 is 15.0 Å². The van der Waals surface area contributed by atoms with Gasteiger partial charge in [-0.3, -0.25) is 9.88 Å². The van der Waals surface area contributed by atoms with Crippen molar-refractivity contribution in [2.45, 2.75) is 68.7 Å². The number of benzene rings is 2. The first-order valence-corrected chi connectivity index (χ1v) is 16.7. The van der Waals surface area contributed by atoms with Gasteiger partial charge < -0.3 is 15.0 Å². The Morgan fingerprint density at radius 3 is 2.64 bits per heavy atom. The third-order valence-electron chi connectivity index (χ3n) is 11.1. The summed E-state index contributed by atoms with van der Waals surface area (Å²) >= 11 is 0. The fourth-order valence-electron chi connectivity index (χ4n) is 8.66. The van der Waals surface area contributed by atoms with E-state index in [1.54, 1.807) is 24.4 Å². The number of aromatic nitrogens is 3. The molecule has 1 aliphatic carbocycles. The predicted octanol–water partition coefficient (Wildman–Crippen LogP) is 6.09. The van der Waals surface area contributed by atoms with Gasteiger partial charge in [0.25, 0.3) is 0 Å². The summed E-state index contributed by atoms with van der Waals surface area (Å²) in [6.45, 7) is 2.83. The maximum atomic E-state index is 16.9. The molecule has 1 N–H and O–H groups in total. The zero-order chi connectivity index (χ0) is 31.9. The van der Waals surface area contributed by atoms with Crippen molar-refractivity contribution in [3.8, 4) is 29.6 Å². The Morgan fingerprint density at radius 1 is 1.04 bits per heavy atom. The van der Waals surface area contributed by atoms with E-state index in [1.807, 2.05) is 6.07 Å². The molecule has 0 spiro atoms. The minimum absolute atomic E-state index is 0.0228. The molecule has 5 aliphatic rings. The second kappa shape index (κ2) is 10.9. The van der Waals surface area contributed by atoms with Crippen LogP contribution in [0.15, 0.2) is 47.7 Å². The lowest BCUT2D eigenvalue weighted by atomic mass is 9.84. The van der Waals surface area contributed by atoms with E-state index in [1.165, 1.54) is 23.6 Å². The monoisotopic (exact) mass is 636 g/mol. The molecule has 0 radical (unpaired) electrons. The number of piperazine rings is 1. The largest absolute Gasteiger partial charge is 0.461 e. The Morgan fingerprint density at radius 2 is 1.87 bits per heavy atom. The molecule has 47 heavy (non-hydrogen) atoms. The predicted molar refractivity (Wildman–Crippen MR) is 175 cm³/mol. The maximum Gasteiger partial charge on any atom is 0.319 e. The Balaban J connectivity index is 1.15. The van der Waals surface area contributed by atoms with Crippen molar-refractivity contribution in [2.24, 2.45) is 0 Å². The fourth-order valence-corrected chi connectivity index (χ4v) is 8.66. The lowest BCUT2D eigenvalue weighted by Gasteiger charge is -2.34. The Kier molecular flexibility index (Phi) is 6.74. The summed E-state index contributed by atoms with van der Waals surface area (Å²) in [4.78, 5) is 18.5. The lowest BCUT2D eigenvalue weighted by molar-refractivity contribution is 0.107. The highest BCUT2D eigenvalue weighted by Crippen LogP contribution is 2.46. The summed E-state index contributed by atoms with van der Waals surface area (Å²) < 4.78 is 52.9. The van der Waals surface area contributed by atoms with Crippen molar-refractivity contribution in [3.63, 3.8) is 0 Å². The normalized spacial score (nSPS) is 27.0. The van der Waals surface area contributed by atoms with Crippen LogP contribution in [-0.2, 0) is 0 Å². The number of rotatable bonds is 5. The molecule has 2 aromatic carbocycles. The van der Waals surface area contributed by atoms with Gasteiger partial charge in [-0.25, -0.2) is 13.2 Å². The molecule has 4 atom stereocenters. The number of nitrogens with zero attached hydrogens (tertiary/aromatic N) is 5. The summed E-state index contributed by atoms with van der Waals surface area (Å²) in [7, 11) is 0. The second-order valence-corrected chi connectivity index (χ2v) is 14.0. The topological polar surface area (TPSA) is 66.4 Å². The van der Waals surface area contributed by atoms with Crippen LogP contribution in [-0.4, -0.2) is 76.4 Å². The van der Waals surface area contributed by atoms with E-state index in [9.17, 15) is 8.78 Å². The van der Waals surface area contributed by atoms with E-state index in [4.69, 9.17) is 16.1 Å². The van der Waals surface area contributed by atoms with Crippen LogP contribution in [0.1, 0.15) is 50.5 Å². The van der Waals surface area contributed by atoms with Gasteiger partial charge in [0.1, 0.15) is 35.6 Å². The number of ether oxygens (including phenoxy) is 1. The molecule has 2 bridgehead atoms. The summed E-state index contributed by atoms with van der Waals surface area (Å²) in [6, 6.07) is 8.92. The molecule has 4 aromatic rings. The van der Waals surface area contributed by atoms with Crippen LogP contribution in [0.25, 0.3) is 32.9 Å². The Bertz CT molecular complexity index is 2010. The van der Waals surface area contributed by atoms with E-state index >= 15 is 4.39 Å². The first-order chi connectivity index (χ1) is 22.9. The van der Waals surface area contributed by atoms with Gasteiger partial charge in [-0.15, -0.1) is 6.42 Å². The summed E-state index contributed by atoms with van der Waals surface area (Å²) in [5.74, 6) is 1.81. The van der Waals surface area contributed by atoms with E-state index in [-0.39, 0.29) is 29.4 Å². The first-order valence-electron chi connectivity index (χ1n) is 16.7. The highest BCUT2D eigenvalue weighted by molar-refractivity contribution is 6.02. The molecule has 6 heterocycles. The maximum absolute atomic E-state index is 16.9. The smallest absolute Gasteiger partial charge is 0.319 e. The van der Waals surface area contributed by atoms with Gasteiger partial charge in [0.2, 0.25) is 0 Å². The molecular weight excluding hydrogens is 601 g/mol. The molecule has 7 nitrogen and oxygen atoms in total. The van der Waals surface area contributed by atoms with Crippen LogP contribution in [0, 0.1) is 24.0 Å². The minimum atomic E-state index is -0.916. The van der Waals surface area contributed by atoms with E-state index in [0.29, 0.717) is 52.6 Å².